The van der Waals surface area contributed by atoms with E-state index >= 15 is 0 Å². The van der Waals surface area contributed by atoms with Crippen LogP contribution in [-0.2, 0) is 19.1 Å². The van der Waals surface area contributed by atoms with Gasteiger partial charge in [-0.15, -0.1) is 11.8 Å². The molecule has 2 amide bonds. The standard InChI is InChI=1S/C21H28N2O7S/c1-4-29-20(25)16-12-30-21(26)23(16)14-7-9-22(10-8-14)19(24)13-31-15-5-6-17(27-2)18(11-15)28-3/h5-6,11,14,16H,4,7-10,12-13H2,1-3H3. The molecule has 170 valence electrons. The normalized spacial score (nSPS) is 19.2. The van der Waals surface area contributed by atoms with E-state index in [1.807, 2.05) is 18.2 Å². The summed E-state index contributed by atoms with van der Waals surface area (Å²) in [4.78, 5) is 41.2. The molecule has 2 fully saturated rings. The van der Waals surface area contributed by atoms with Crippen molar-refractivity contribution in [2.45, 2.75) is 36.7 Å². The number of rotatable bonds is 8. The summed E-state index contributed by atoms with van der Waals surface area (Å²) in [6, 6.07) is 4.69. The lowest BCUT2D eigenvalue weighted by atomic mass is 10.0. The van der Waals surface area contributed by atoms with Crippen molar-refractivity contribution in [3.05, 3.63) is 18.2 Å². The predicted molar refractivity (Wildman–Crippen MR) is 113 cm³/mol. The maximum absolute atomic E-state index is 12.7. The van der Waals surface area contributed by atoms with Crippen LogP contribution in [0.15, 0.2) is 23.1 Å². The van der Waals surface area contributed by atoms with Crippen molar-refractivity contribution >= 4 is 29.7 Å². The van der Waals surface area contributed by atoms with E-state index in [1.54, 1.807) is 26.0 Å². The maximum Gasteiger partial charge on any atom is 0.410 e. The third-order valence-electron chi connectivity index (χ3n) is 5.40. The monoisotopic (exact) mass is 452 g/mol. The molecule has 31 heavy (non-hydrogen) atoms. The Balaban J connectivity index is 1.51. The number of ether oxygens (including phenoxy) is 4. The summed E-state index contributed by atoms with van der Waals surface area (Å²) in [5, 5.41) is 0. The molecule has 3 rings (SSSR count). The van der Waals surface area contributed by atoms with Gasteiger partial charge in [-0.25, -0.2) is 9.59 Å². The molecule has 0 aliphatic carbocycles. The summed E-state index contributed by atoms with van der Waals surface area (Å²) in [5.41, 5.74) is 0. The van der Waals surface area contributed by atoms with E-state index in [9.17, 15) is 14.4 Å². The van der Waals surface area contributed by atoms with Gasteiger partial charge in [-0.05, 0) is 38.0 Å². The molecule has 0 radical (unpaired) electrons. The first-order chi connectivity index (χ1) is 15.0. The van der Waals surface area contributed by atoms with E-state index in [1.165, 1.54) is 16.7 Å². The molecule has 1 aromatic carbocycles. The van der Waals surface area contributed by atoms with Gasteiger partial charge in [0.1, 0.15) is 6.61 Å². The number of methoxy groups -OCH3 is 2. The number of nitrogens with zero attached hydrogens (tertiary/aromatic N) is 2. The minimum Gasteiger partial charge on any atom is -0.493 e. The van der Waals surface area contributed by atoms with Crippen LogP contribution >= 0.6 is 11.8 Å². The summed E-state index contributed by atoms with van der Waals surface area (Å²) < 4.78 is 20.7. The number of likely N-dealkylation sites (tertiary alicyclic amines) is 1. The highest BCUT2D eigenvalue weighted by Crippen LogP contribution is 2.32. The van der Waals surface area contributed by atoms with E-state index in [0.717, 1.165) is 4.90 Å². The zero-order valence-corrected chi connectivity index (χ0v) is 18.8. The van der Waals surface area contributed by atoms with Crippen LogP contribution in [0.4, 0.5) is 4.79 Å². The molecule has 0 aromatic heterocycles. The topological polar surface area (TPSA) is 94.6 Å². The molecular formula is C21H28N2O7S. The Kier molecular flexibility index (Phi) is 7.89. The first-order valence-corrected chi connectivity index (χ1v) is 11.2. The van der Waals surface area contributed by atoms with Gasteiger partial charge in [0.05, 0.1) is 26.6 Å². The van der Waals surface area contributed by atoms with Crippen LogP contribution in [0.25, 0.3) is 0 Å². The zero-order valence-electron chi connectivity index (χ0n) is 18.0. The Labute approximate surface area is 185 Å². The Morgan fingerprint density at radius 1 is 1.16 bits per heavy atom. The van der Waals surface area contributed by atoms with E-state index in [2.05, 4.69) is 0 Å². The lowest BCUT2D eigenvalue weighted by Gasteiger charge is -2.37. The lowest BCUT2D eigenvalue weighted by Crippen LogP contribution is -2.52. The molecule has 9 nitrogen and oxygen atoms in total. The van der Waals surface area contributed by atoms with Gasteiger partial charge in [-0.2, -0.15) is 0 Å². The molecular weight excluding hydrogens is 424 g/mol. The smallest absolute Gasteiger partial charge is 0.410 e. The van der Waals surface area contributed by atoms with Crippen molar-refractivity contribution in [3.8, 4) is 11.5 Å². The highest BCUT2D eigenvalue weighted by Gasteiger charge is 2.44. The van der Waals surface area contributed by atoms with Crippen LogP contribution in [-0.4, -0.2) is 86.1 Å². The summed E-state index contributed by atoms with van der Waals surface area (Å²) in [7, 11) is 3.15. The lowest BCUT2D eigenvalue weighted by molar-refractivity contribution is -0.148. The van der Waals surface area contributed by atoms with Gasteiger partial charge >= 0.3 is 12.1 Å². The summed E-state index contributed by atoms with van der Waals surface area (Å²) in [6.45, 7) is 3.04. The molecule has 1 atom stereocenters. The molecule has 2 aliphatic heterocycles. The number of cyclic esters (lactones) is 1. The third-order valence-corrected chi connectivity index (χ3v) is 6.38. The number of piperidine rings is 1. The quantitative estimate of drug-likeness (QED) is 0.438. The fourth-order valence-electron chi connectivity index (χ4n) is 3.79. The van der Waals surface area contributed by atoms with Crippen molar-refractivity contribution in [2.75, 3.05) is 46.3 Å². The van der Waals surface area contributed by atoms with Gasteiger partial charge in [0.15, 0.2) is 17.5 Å². The van der Waals surface area contributed by atoms with Crippen LogP contribution < -0.4 is 9.47 Å². The number of carbonyl (C=O) groups is 3. The van der Waals surface area contributed by atoms with Crippen molar-refractivity contribution < 1.29 is 33.3 Å². The van der Waals surface area contributed by atoms with Gasteiger partial charge in [-0.3, -0.25) is 9.69 Å². The fourth-order valence-corrected chi connectivity index (χ4v) is 4.62. The number of esters is 1. The van der Waals surface area contributed by atoms with Gasteiger partial charge in [0, 0.05) is 24.0 Å². The Morgan fingerprint density at radius 2 is 1.87 bits per heavy atom. The fraction of sp³-hybridized carbons (Fsp3) is 0.571. The van der Waals surface area contributed by atoms with Crippen molar-refractivity contribution in [1.29, 1.82) is 0 Å². The Bertz CT molecular complexity index is 811. The minimum absolute atomic E-state index is 0.0127. The second-order valence-corrected chi connectivity index (χ2v) is 8.22. The van der Waals surface area contributed by atoms with Crippen molar-refractivity contribution in [2.24, 2.45) is 0 Å². The predicted octanol–water partition coefficient (Wildman–Crippen LogP) is 2.17. The van der Waals surface area contributed by atoms with Crippen LogP contribution in [0.1, 0.15) is 19.8 Å². The largest absolute Gasteiger partial charge is 0.493 e. The van der Waals surface area contributed by atoms with Crippen LogP contribution in [0, 0.1) is 0 Å². The number of benzene rings is 1. The molecule has 0 saturated carbocycles. The number of hydrogen-bond acceptors (Lipinski definition) is 8. The summed E-state index contributed by atoms with van der Waals surface area (Å²) >= 11 is 1.43. The second-order valence-electron chi connectivity index (χ2n) is 7.17. The van der Waals surface area contributed by atoms with E-state index in [-0.39, 0.29) is 25.2 Å². The minimum atomic E-state index is -0.708. The first-order valence-electron chi connectivity index (χ1n) is 10.2. The Morgan fingerprint density at radius 3 is 2.52 bits per heavy atom. The number of hydrogen-bond donors (Lipinski definition) is 0. The summed E-state index contributed by atoms with van der Waals surface area (Å²) in [6.07, 6.45) is 0.696. The SMILES string of the molecule is CCOC(=O)C1COC(=O)N1C1CCN(C(=O)CSc2ccc(OC)c(OC)c2)CC1. The Hall–Kier alpha value is -2.62. The van der Waals surface area contributed by atoms with E-state index < -0.39 is 18.1 Å². The average Bonchev–Trinajstić information content (AvgIpc) is 3.18. The molecule has 0 bridgehead atoms. The highest BCUT2D eigenvalue weighted by atomic mass is 32.2. The zero-order chi connectivity index (χ0) is 22.4. The molecule has 0 spiro atoms. The van der Waals surface area contributed by atoms with Crippen LogP contribution in [0.3, 0.4) is 0 Å². The third kappa shape index (κ3) is 5.36. The number of thioether (sulfide) groups is 1. The van der Waals surface area contributed by atoms with Crippen molar-refractivity contribution in [3.63, 3.8) is 0 Å². The number of amides is 2. The van der Waals surface area contributed by atoms with Crippen molar-refractivity contribution in [1.82, 2.24) is 9.80 Å². The van der Waals surface area contributed by atoms with Gasteiger partial charge < -0.3 is 23.8 Å². The second kappa shape index (κ2) is 10.6. The highest BCUT2D eigenvalue weighted by molar-refractivity contribution is 8.00. The summed E-state index contributed by atoms with van der Waals surface area (Å²) in [5.74, 6) is 1.15. The van der Waals surface area contributed by atoms with Gasteiger partial charge in [0.2, 0.25) is 5.91 Å². The molecule has 2 aliphatic rings. The van der Waals surface area contributed by atoms with Crippen LogP contribution in [0.2, 0.25) is 0 Å². The van der Waals surface area contributed by atoms with Crippen LogP contribution in [0.5, 0.6) is 11.5 Å². The molecule has 10 heteroatoms. The van der Waals surface area contributed by atoms with E-state index in [4.69, 9.17) is 18.9 Å². The number of carbonyl (C=O) groups excluding carboxylic acids is 3. The molecule has 2 saturated heterocycles. The molecule has 1 aromatic rings. The average molecular weight is 453 g/mol. The molecule has 2 heterocycles. The van der Waals surface area contributed by atoms with Gasteiger partial charge in [-0.1, -0.05) is 0 Å². The molecule has 1 unspecified atom stereocenters. The maximum atomic E-state index is 12.7. The van der Waals surface area contributed by atoms with Gasteiger partial charge in [0.25, 0.3) is 0 Å². The molecule has 0 N–H and O–H groups in total. The first kappa shape index (κ1) is 23.1. The van der Waals surface area contributed by atoms with E-state index in [0.29, 0.717) is 43.2 Å².